The summed E-state index contributed by atoms with van der Waals surface area (Å²) in [6, 6.07) is 7.30. The predicted octanol–water partition coefficient (Wildman–Crippen LogP) is 1.48. The van der Waals surface area contributed by atoms with Crippen LogP contribution in [0.25, 0.3) is 0 Å². The third-order valence-electron chi connectivity index (χ3n) is 2.25. The van der Waals surface area contributed by atoms with Crippen molar-refractivity contribution >= 4 is 10.0 Å². The van der Waals surface area contributed by atoms with Crippen LogP contribution in [0.1, 0.15) is 19.4 Å². The van der Waals surface area contributed by atoms with Crippen molar-refractivity contribution in [1.29, 1.82) is 0 Å². The van der Waals surface area contributed by atoms with Crippen LogP contribution >= 0.6 is 0 Å². The Balaban J connectivity index is 2.98. The molecule has 5 heteroatoms. The second-order valence-electron chi connectivity index (χ2n) is 4.23. The molecule has 0 atom stereocenters. The van der Waals surface area contributed by atoms with Crippen LogP contribution in [-0.4, -0.2) is 21.8 Å². The maximum absolute atomic E-state index is 11.2. The van der Waals surface area contributed by atoms with E-state index in [1.165, 1.54) is 0 Å². The third-order valence-corrected chi connectivity index (χ3v) is 3.13. The molecule has 0 aromatic heterocycles. The number of nitrogens with one attached hydrogen (secondary N) is 1. The molecule has 0 bridgehead atoms. The summed E-state index contributed by atoms with van der Waals surface area (Å²) in [6.07, 6.45) is 1.15. The molecular weight excluding hydrogens is 226 g/mol. The van der Waals surface area contributed by atoms with Gasteiger partial charge in [0.05, 0.1) is 18.9 Å². The van der Waals surface area contributed by atoms with E-state index in [2.05, 4.69) is 4.72 Å². The zero-order valence-electron chi connectivity index (χ0n) is 9.94. The first-order valence-electron chi connectivity index (χ1n) is 4.88. The maximum Gasteiger partial charge on any atom is 0.209 e. The molecule has 4 nitrogen and oxygen atoms in total. The van der Waals surface area contributed by atoms with Crippen molar-refractivity contribution in [3.8, 4) is 5.75 Å². The highest BCUT2D eigenvalue weighted by Crippen LogP contribution is 2.23. The molecule has 0 spiro atoms. The van der Waals surface area contributed by atoms with Crippen molar-refractivity contribution in [1.82, 2.24) is 4.72 Å². The summed E-state index contributed by atoms with van der Waals surface area (Å²) in [4.78, 5) is 0. The third kappa shape index (κ3) is 3.50. The fourth-order valence-corrected chi connectivity index (χ4v) is 2.57. The SMILES string of the molecule is COc1ccc(C(C)(C)NS(C)(=O)=O)cc1. The molecule has 0 radical (unpaired) electrons. The molecule has 0 saturated heterocycles. The van der Waals surface area contributed by atoms with Crippen molar-refractivity contribution in [2.75, 3.05) is 13.4 Å². The van der Waals surface area contributed by atoms with Gasteiger partial charge in [-0.2, -0.15) is 0 Å². The summed E-state index contributed by atoms with van der Waals surface area (Å²) >= 11 is 0. The lowest BCUT2D eigenvalue weighted by Gasteiger charge is -2.25. The highest BCUT2D eigenvalue weighted by atomic mass is 32.2. The van der Waals surface area contributed by atoms with E-state index in [9.17, 15) is 8.42 Å². The Morgan fingerprint density at radius 3 is 2.06 bits per heavy atom. The smallest absolute Gasteiger partial charge is 0.209 e. The monoisotopic (exact) mass is 243 g/mol. The molecule has 0 unspecified atom stereocenters. The Bertz CT molecular complexity index is 449. The fourth-order valence-electron chi connectivity index (χ4n) is 1.53. The Morgan fingerprint density at radius 1 is 1.19 bits per heavy atom. The first-order valence-corrected chi connectivity index (χ1v) is 6.77. The van der Waals surface area contributed by atoms with E-state index in [0.717, 1.165) is 17.6 Å². The number of benzene rings is 1. The standard InChI is InChI=1S/C11H17NO3S/c1-11(2,12-16(4,13)14)9-5-7-10(15-3)8-6-9/h5-8,12H,1-4H3. The molecule has 0 heterocycles. The molecule has 1 rings (SSSR count). The van der Waals surface area contributed by atoms with Gasteiger partial charge in [-0.25, -0.2) is 13.1 Å². The Hall–Kier alpha value is -1.07. The molecule has 0 saturated carbocycles. The van der Waals surface area contributed by atoms with E-state index >= 15 is 0 Å². The van der Waals surface area contributed by atoms with Crippen LogP contribution < -0.4 is 9.46 Å². The van der Waals surface area contributed by atoms with Crippen molar-refractivity contribution in [3.63, 3.8) is 0 Å². The van der Waals surface area contributed by atoms with Crippen LogP contribution in [0.4, 0.5) is 0 Å². The summed E-state index contributed by atoms with van der Waals surface area (Å²) in [5.74, 6) is 0.749. The number of hydrogen-bond donors (Lipinski definition) is 1. The molecule has 1 aromatic carbocycles. The molecular formula is C11H17NO3S. The van der Waals surface area contributed by atoms with E-state index in [-0.39, 0.29) is 0 Å². The summed E-state index contributed by atoms with van der Waals surface area (Å²) in [6.45, 7) is 3.63. The predicted molar refractivity (Wildman–Crippen MR) is 64.0 cm³/mol. The Kier molecular flexibility index (Phi) is 3.60. The van der Waals surface area contributed by atoms with Crippen molar-refractivity contribution in [2.45, 2.75) is 19.4 Å². The molecule has 90 valence electrons. The second kappa shape index (κ2) is 4.43. The van der Waals surface area contributed by atoms with Gasteiger partial charge >= 0.3 is 0 Å². The van der Waals surface area contributed by atoms with Gasteiger partial charge in [0.1, 0.15) is 5.75 Å². The average molecular weight is 243 g/mol. The molecule has 1 N–H and O–H groups in total. The number of methoxy groups -OCH3 is 1. The van der Waals surface area contributed by atoms with Crippen LogP contribution in [0, 0.1) is 0 Å². The topological polar surface area (TPSA) is 55.4 Å². The molecule has 0 aliphatic rings. The normalized spacial score (nSPS) is 12.5. The minimum Gasteiger partial charge on any atom is -0.497 e. The van der Waals surface area contributed by atoms with Gasteiger partial charge in [0.25, 0.3) is 0 Å². The Morgan fingerprint density at radius 2 is 1.69 bits per heavy atom. The van der Waals surface area contributed by atoms with Crippen LogP contribution in [0.3, 0.4) is 0 Å². The van der Waals surface area contributed by atoms with Gasteiger partial charge < -0.3 is 4.74 Å². The van der Waals surface area contributed by atoms with Crippen LogP contribution in [0.5, 0.6) is 5.75 Å². The highest BCUT2D eigenvalue weighted by Gasteiger charge is 2.24. The zero-order chi connectivity index (χ0) is 12.4. The first-order chi connectivity index (χ1) is 7.24. The molecule has 0 amide bonds. The van der Waals surface area contributed by atoms with E-state index in [1.807, 2.05) is 26.0 Å². The average Bonchev–Trinajstić information content (AvgIpc) is 2.14. The van der Waals surface area contributed by atoms with E-state index in [4.69, 9.17) is 4.74 Å². The molecule has 0 aliphatic carbocycles. The van der Waals surface area contributed by atoms with Gasteiger partial charge in [0.2, 0.25) is 10.0 Å². The van der Waals surface area contributed by atoms with Gasteiger partial charge in [0, 0.05) is 0 Å². The second-order valence-corrected chi connectivity index (χ2v) is 5.98. The largest absolute Gasteiger partial charge is 0.497 e. The number of rotatable bonds is 4. The molecule has 0 fully saturated rings. The summed E-state index contributed by atoms with van der Waals surface area (Å²) in [7, 11) is -1.63. The van der Waals surface area contributed by atoms with Crippen LogP contribution in [0.15, 0.2) is 24.3 Å². The minimum absolute atomic E-state index is 0.625. The maximum atomic E-state index is 11.2. The van der Waals surface area contributed by atoms with Gasteiger partial charge in [-0.1, -0.05) is 12.1 Å². The lowest BCUT2D eigenvalue weighted by molar-refractivity contribution is 0.413. The van der Waals surface area contributed by atoms with Crippen LogP contribution in [-0.2, 0) is 15.6 Å². The van der Waals surface area contributed by atoms with Gasteiger partial charge in [0.15, 0.2) is 0 Å². The van der Waals surface area contributed by atoms with E-state index in [0.29, 0.717) is 0 Å². The van der Waals surface area contributed by atoms with E-state index < -0.39 is 15.6 Å². The lowest BCUT2D eigenvalue weighted by atomic mass is 9.96. The van der Waals surface area contributed by atoms with Crippen molar-refractivity contribution in [3.05, 3.63) is 29.8 Å². The molecule has 16 heavy (non-hydrogen) atoms. The van der Waals surface area contributed by atoms with Crippen LogP contribution in [0.2, 0.25) is 0 Å². The molecule has 0 aliphatic heterocycles. The Labute approximate surface area is 96.7 Å². The first kappa shape index (κ1) is 13.0. The van der Waals surface area contributed by atoms with Crippen molar-refractivity contribution < 1.29 is 13.2 Å². The van der Waals surface area contributed by atoms with Gasteiger partial charge in [-0.05, 0) is 31.5 Å². The number of ether oxygens (including phenoxy) is 1. The number of sulfonamides is 1. The summed E-state index contributed by atoms with van der Waals surface area (Å²) in [5.41, 5.74) is 0.263. The fraction of sp³-hybridized carbons (Fsp3) is 0.455. The summed E-state index contributed by atoms with van der Waals surface area (Å²) < 4.78 is 30.0. The summed E-state index contributed by atoms with van der Waals surface area (Å²) in [5, 5.41) is 0. The highest BCUT2D eigenvalue weighted by molar-refractivity contribution is 7.88. The van der Waals surface area contributed by atoms with E-state index in [1.54, 1.807) is 19.2 Å². The lowest BCUT2D eigenvalue weighted by Crippen LogP contribution is -2.40. The van der Waals surface area contributed by atoms with Crippen molar-refractivity contribution in [2.24, 2.45) is 0 Å². The molecule has 1 aromatic rings. The zero-order valence-corrected chi connectivity index (χ0v) is 10.8. The van der Waals surface area contributed by atoms with Gasteiger partial charge in [-0.3, -0.25) is 0 Å². The van der Waals surface area contributed by atoms with Gasteiger partial charge in [-0.15, -0.1) is 0 Å². The quantitative estimate of drug-likeness (QED) is 0.871. The minimum atomic E-state index is -3.23. The number of hydrogen-bond acceptors (Lipinski definition) is 3.